The van der Waals surface area contributed by atoms with Crippen molar-refractivity contribution in [1.29, 1.82) is 0 Å². The van der Waals surface area contributed by atoms with Gasteiger partial charge in [0.15, 0.2) is 5.78 Å². The van der Waals surface area contributed by atoms with Crippen molar-refractivity contribution >= 4 is 11.5 Å². The number of nitrogens with zero attached hydrogens (tertiary/aromatic N) is 1. The van der Waals surface area contributed by atoms with Crippen molar-refractivity contribution in [1.82, 2.24) is 0 Å². The number of carbonyl (C=O) groups excluding carboxylic acids is 1. The minimum atomic E-state index is -0.00366. The quantitative estimate of drug-likeness (QED) is 0.749. The zero-order valence-electron chi connectivity index (χ0n) is 9.42. The predicted octanol–water partition coefficient (Wildman–Crippen LogP) is 2.11. The van der Waals surface area contributed by atoms with E-state index in [2.05, 4.69) is 11.6 Å². The summed E-state index contributed by atoms with van der Waals surface area (Å²) in [5.74, 6) is -0.00366. The second-order valence-electron chi connectivity index (χ2n) is 3.91. The fourth-order valence-corrected chi connectivity index (χ4v) is 1.39. The minimum Gasteiger partial charge on any atom is -0.397 e. The Kier molecular flexibility index (Phi) is 3.24. The molecule has 0 saturated carbocycles. The molecule has 0 aliphatic heterocycles. The van der Waals surface area contributed by atoms with E-state index < -0.39 is 0 Å². The van der Waals surface area contributed by atoms with E-state index in [1.54, 1.807) is 6.20 Å². The van der Waals surface area contributed by atoms with Crippen LogP contribution in [0.1, 0.15) is 27.2 Å². The Morgan fingerprint density at radius 3 is 2.47 bits per heavy atom. The summed E-state index contributed by atoms with van der Waals surface area (Å²) >= 11 is 0. The molecule has 1 aliphatic carbocycles. The summed E-state index contributed by atoms with van der Waals surface area (Å²) in [5, 5.41) is 0. The maximum Gasteiger partial charge on any atom is 0.158 e. The standard InChI is InChI=1S/C12H16N2O/c1-7(2)6-14-12-8(3)5-10(9(4)15)11(12)13/h6H,3,5,13H2,1-2,4H3. The molecule has 0 amide bonds. The molecule has 15 heavy (non-hydrogen) atoms. The molecule has 1 rings (SSSR count). The van der Waals surface area contributed by atoms with Crippen molar-refractivity contribution in [2.24, 2.45) is 10.7 Å². The Morgan fingerprint density at radius 1 is 1.47 bits per heavy atom. The lowest BCUT2D eigenvalue weighted by molar-refractivity contribution is -0.113. The first-order valence-corrected chi connectivity index (χ1v) is 4.82. The minimum absolute atomic E-state index is 0.00366. The van der Waals surface area contributed by atoms with Gasteiger partial charge in [0.25, 0.3) is 0 Å². The van der Waals surface area contributed by atoms with E-state index in [1.807, 2.05) is 13.8 Å². The highest BCUT2D eigenvalue weighted by molar-refractivity contribution is 6.20. The van der Waals surface area contributed by atoms with Crippen molar-refractivity contribution in [3.05, 3.63) is 35.2 Å². The van der Waals surface area contributed by atoms with Gasteiger partial charge in [0, 0.05) is 18.2 Å². The monoisotopic (exact) mass is 204 g/mol. The average Bonchev–Trinajstić information content (AvgIpc) is 2.39. The third-order valence-electron chi connectivity index (χ3n) is 2.18. The number of hydrogen-bond donors (Lipinski definition) is 1. The molecular weight excluding hydrogens is 188 g/mol. The first-order chi connectivity index (χ1) is 6.93. The molecule has 3 nitrogen and oxygen atoms in total. The molecule has 0 aromatic rings. The number of rotatable bonds is 2. The van der Waals surface area contributed by atoms with E-state index in [1.165, 1.54) is 6.92 Å². The molecule has 0 heterocycles. The summed E-state index contributed by atoms with van der Waals surface area (Å²) in [4.78, 5) is 15.5. The lowest BCUT2D eigenvalue weighted by Crippen LogP contribution is -2.10. The second-order valence-corrected chi connectivity index (χ2v) is 3.91. The lowest BCUT2D eigenvalue weighted by atomic mass is 10.1. The van der Waals surface area contributed by atoms with Crippen LogP contribution in [0.2, 0.25) is 0 Å². The summed E-state index contributed by atoms with van der Waals surface area (Å²) in [6.45, 7) is 9.28. The average molecular weight is 204 g/mol. The van der Waals surface area contributed by atoms with Crippen molar-refractivity contribution in [3.8, 4) is 0 Å². The third-order valence-corrected chi connectivity index (χ3v) is 2.18. The summed E-state index contributed by atoms with van der Waals surface area (Å²) in [5.41, 5.74) is 9.49. The van der Waals surface area contributed by atoms with Gasteiger partial charge < -0.3 is 5.73 Å². The van der Waals surface area contributed by atoms with Crippen molar-refractivity contribution < 1.29 is 4.79 Å². The second kappa shape index (κ2) is 4.26. The molecule has 0 fully saturated rings. The van der Waals surface area contributed by atoms with Crippen LogP contribution >= 0.6 is 0 Å². The molecule has 0 bridgehead atoms. The molecule has 0 radical (unpaired) electrons. The first-order valence-electron chi connectivity index (χ1n) is 4.82. The summed E-state index contributed by atoms with van der Waals surface area (Å²) < 4.78 is 0. The normalized spacial score (nSPS) is 18.6. The maximum absolute atomic E-state index is 11.2. The zero-order valence-corrected chi connectivity index (χ0v) is 9.42. The van der Waals surface area contributed by atoms with Crippen LogP contribution in [0.3, 0.4) is 0 Å². The Hall–Kier alpha value is -1.64. The van der Waals surface area contributed by atoms with Crippen LogP contribution in [0.25, 0.3) is 0 Å². The number of allylic oxidation sites excluding steroid dienone is 3. The highest BCUT2D eigenvalue weighted by Crippen LogP contribution is 2.25. The van der Waals surface area contributed by atoms with Crippen molar-refractivity contribution in [2.75, 3.05) is 0 Å². The molecule has 0 saturated heterocycles. The SMILES string of the molecule is C=C1CC(C(C)=O)=C(N)C1=NC=C(C)C. The Bertz CT molecular complexity index is 407. The van der Waals surface area contributed by atoms with Crippen molar-refractivity contribution in [3.63, 3.8) is 0 Å². The van der Waals surface area contributed by atoms with Gasteiger partial charge in [-0.3, -0.25) is 9.79 Å². The molecule has 3 heteroatoms. The molecule has 0 atom stereocenters. The number of hydrogen-bond acceptors (Lipinski definition) is 3. The topological polar surface area (TPSA) is 55.5 Å². The molecular formula is C12H16N2O. The summed E-state index contributed by atoms with van der Waals surface area (Å²) in [6, 6.07) is 0. The van der Waals surface area contributed by atoms with Gasteiger partial charge in [0.2, 0.25) is 0 Å². The summed E-state index contributed by atoms with van der Waals surface area (Å²) in [6.07, 6.45) is 2.26. The first kappa shape index (κ1) is 11.4. The predicted molar refractivity (Wildman–Crippen MR) is 62.5 cm³/mol. The lowest BCUT2D eigenvalue weighted by Gasteiger charge is -1.98. The van der Waals surface area contributed by atoms with E-state index in [0.29, 0.717) is 23.4 Å². The molecule has 1 aliphatic rings. The molecule has 0 spiro atoms. The fraction of sp³-hybridized carbons (Fsp3) is 0.333. The van der Waals surface area contributed by atoms with Crippen LogP contribution in [0.5, 0.6) is 0 Å². The molecule has 0 aromatic carbocycles. The van der Waals surface area contributed by atoms with E-state index in [-0.39, 0.29) is 5.78 Å². The summed E-state index contributed by atoms with van der Waals surface area (Å²) in [7, 11) is 0. The Balaban J connectivity index is 3.12. The van der Waals surface area contributed by atoms with Gasteiger partial charge in [-0.2, -0.15) is 0 Å². The van der Waals surface area contributed by atoms with Crippen LogP contribution in [-0.4, -0.2) is 11.5 Å². The highest BCUT2D eigenvalue weighted by Gasteiger charge is 2.24. The Labute approximate surface area is 90.1 Å². The van der Waals surface area contributed by atoms with Crippen LogP contribution in [-0.2, 0) is 4.79 Å². The van der Waals surface area contributed by atoms with Gasteiger partial charge in [0.05, 0.1) is 11.4 Å². The van der Waals surface area contributed by atoms with E-state index in [0.717, 1.165) is 11.1 Å². The largest absolute Gasteiger partial charge is 0.397 e. The number of ketones is 1. The van der Waals surface area contributed by atoms with E-state index in [9.17, 15) is 4.79 Å². The highest BCUT2D eigenvalue weighted by atomic mass is 16.1. The van der Waals surface area contributed by atoms with Gasteiger partial charge in [-0.1, -0.05) is 12.2 Å². The van der Waals surface area contributed by atoms with Crippen LogP contribution in [0, 0.1) is 0 Å². The smallest absolute Gasteiger partial charge is 0.158 e. The van der Waals surface area contributed by atoms with Crippen LogP contribution in [0.15, 0.2) is 40.2 Å². The van der Waals surface area contributed by atoms with Gasteiger partial charge in [0.1, 0.15) is 0 Å². The third kappa shape index (κ3) is 2.43. The number of aliphatic imine (C=N–C) groups is 1. The van der Waals surface area contributed by atoms with Crippen LogP contribution < -0.4 is 5.73 Å². The van der Waals surface area contributed by atoms with Gasteiger partial charge >= 0.3 is 0 Å². The molecule has 0 aromatic heterocycles. The van der Waals surface area contributed by atoms with Gasteiger partial charge in [-0.25, -0.2) is 0 Å². The van der Waals surface area contributed by atoms with E-state index >= 15 is 0 Å². The van der Waals surface area contributed by atoms with Gasteiger partial charge in [-0.05, 0) is 26.3 Å². The molecule has 80 valence electrons. The fourth-order valence-electron chi connectivity index (χ4n) is 1.39. The molecule has 2 N–H and O–H groups in total. The number of nitrogens with two attached hydrogens (primary N) is 1. The van der Waals surface area contributed by atoms with E-state index in [4.69, 9.17) is 5.73 Å². The maximum atomic E-state index is 11.2. The van der Waals surface area contributed by atoms with Crippen LogP contribution in [0.4, 0.5) is 0 Å². The van der Waals surface area contributed by atoms with Crippen molar-refractivity contribution in [2.45, 2.75) is 27.2 Å². The van der Waals surface area contributed by atoms with Gasteiger partial charge in [-0.15, -0.1) is 0 Å². The zero-order chi connectivity index (χ0) is 11.6. The number of carbonyl (C=O) groups is 1. The Morgan fingerprint density at radius 2 is 2.07 bits per heavy atom. The number of Topliss-reactive ketones (excluding diaryl/α,β-unsaturated/α-hetero) is 1. The molecule has 0 unspecified atom stereocenters.